The van der Waals surface area contributed by atoms with Crippen LogP contribution in [0, 0.1) is 34.2 Å². The molecule has 4 aliphatic rings. The number of imide groups is 2. The Kier molecular flexibility index (Phi) is 10.2. The molecular formula is C48H43IN6O6. The number of aryl methyl sites for hydroxylation is 1. The Hall–Kier alpha value is -6.35. The van der Waals surface area contributed by atoms with Crippen LogP contribution in [0.15, 0.2) is 137 Å². The van der Waals surface area contributed by atoms with Crippen LogP contribution in [0.25, 0.3) is 0 Å². The van der Waals surface area contributed by atoms with E-state index in [0.29, 0.717) is 37.4 Å². The summed E-state index contributed by atoms with van der Waals surface area (Å²) < 4.78 is 6.15. The summed E-state index contributed by atoms with van der Waals surface area (Å²) in [5.41, 5.74) is 8.08. The molecule has 2 aliphatic carbocycles. The number of nitrogens with one attached hydrogen (secondary N) is 1. The fraction of sp³-hybridized carbons (Fsp3) is 0.250. The number of carbonyl (C=O) groups is 4. The van der Waals surface area contributed by atoms with E-state index >= 15 is 9.59 Å². The second kappa shape index (κ2) is 15.6. The number of anilines is 3. The lowest BCUT2D eigenvalue weighted by Gasteiger charge is -2.50. The van der Waals surface area contributed by atoms with E-state index < -0.39 is 46.8 Å². The number of benzene rings is 5. The number of allylic oxidation sites excluding steroid dienone is 2. The highest BCUT2D eigenvalue weighted by Gasteiger charge is 2.70. The van der Waals surface area contributed by atoms with Crippen molar-refractivity contribution in [3.63, 3.8) is 0 Å². The summed E-state index contributed by atoms with van der Waals surface area (Å²) in [4.78, 5) is 63.0. The SMILES string of the molecule is COc1cc(C2C3=CCC4C(=O)N(c5ccc(N=Nc6ccc(N(C)C)cc6)cc5)C(=O)C4C3CC3C(=O)N(Nc4ccc(C)cc4)C(=O)C32c2ccccc2)cc(I)c1O. The molecule has 6 unspecified atom stereocenters. The summed E-state index contributed by atoms with van der Waals surface area (Å²) >= 11 is 2.04. The lowest BCUT2D eigenvalue weighted by atomic mass is 9.49. The molecule has 9 rings (SSSR count). The number of amides is 4. The molecule has 6 atom stereocenters. The van der Waals surface area contributed by atoms with Gasteiger partial charge in [-0.25, -0.2) is 0 Å². The first kappa shape index (κ1) is 40.1. The van der Waals surface area contributed by atoms with Crippen LogP contribution in [0.3, 0.4) is 0 Å². The third-order valence-electron chi connectivity index (χ3n) is 12.8. The predicted molar refractivity (Wildman–Crippen MR) is 240 cm³/mol. The fourth-order valence-electron chi connectivity index (χ4n) is 9.89. The number of phenols is 1. The second-order valence-corrected chi connectivity index (χ2v) is 17.4. The molecule has 2 heterocycles. The monoisotopic (exact) mass is 926 g/mol. The number of aromatic hydroxyl groups is 1. The van der Waals surface area contributed by atoms with Gasteiger partial charge in [0.05, 0.1) is 56.6 Å². The first-order valence-corrected chi connectivity index (χ1v) is 21.2. The van der Waals surface area contributed by atoms with Crippen LogP contribution >= 0.6 is 22.6 Å². The van der Waals surface area contributed by atoms with Crippen molar-refractivity contribution in [2.24, 2.45) is 33.9 Å². The van der Waals surface area contributed by atoms with Gasteiger partial charge in [-0.3, -0.25) is 29.5 Å². The average Bonchev–Trinajstić information content (AvgIpc) is 3.65. The van der Waals surface area contributed by atoms with Crippen molar-refractivity contribution < 1.29 is 29.0 Å². The molecule has 1 saturated carbocycles. The van der Waals surface area contributed by atoms with Gasteiger partial charge in [-0.05, 0) is 132 Å². The molecule has 3 fully saturated rings. The molecule has 0 aromatic heterocycles. The first-order valence-electron chi connectivity index (χ1n) is 20.1. The third-order valence-corrected chi connectivity index (χ3v) is 13.6. The van der Waals surface area contributed by atoms with Gasteiger partial charge in [-0.1, -0.05) is 59.7 Å². The standard InChI is InChI=1S/C48H43IN6O6/c1-27-10-12-32(13-11-27)52-55-45(58)38-26-37-35(42(28-24-39(49)43(56)40(25-28)61-4)48(38,47(55)60)29-8-6-5-7-9-29)22-23-36-41(37)46(59)54(44(36)57)34-20-16-31(17-21-34)51-50-30-14-18-33(19-15-30)53(2)3/h5-22,24-25,36-38,41-42,52,56H,23,26H2,1-4H3. The predicted octanol–water partition coefficient (Wildman–Crippen LogP) is 8.98. The van der Waals surface area contributed by atoms with Crippen LogP contribution < -0.4 is 20.0 Å². The number of phenolic OH excluding ortho intramolecular Hbond substituents is 1. The minimum atomic E-state index is -1.46. The molecule has 0 radical (unpaired) electrons. The van der Waals surface area contributed by atoms with Gasteiger partial charge >= 0.3 is 0 Å². The minimum absolute atomic E-state index is 0.0444. The quantitative estimate of drug-likeness (QED) is 0.0646. The van der Waals surface area contributed by atoms with Gasteiger partial charge in [0, 0.05) is 25.7 Å². The van der Waals surface area contributed by atoms with Gasteiger partial charge in [0.2, 0.25) is 11.8 Å². The maximum absolute atomic E-state index is 15.5. The zero-order chi connectivity index (χ0) is 42.7. The Morgan fingerprint density at radius 2 is 1.48 bits per heavy atom. The van der Waals surface area contributed by atoms with Crippen molar-refractivity contribution in [1.29, 1.82) is 0 Å². The van der Waals surface area contributed by atoms with Gasteiger partial charge in [0.1, 0.15) is 0 Å². The Morgan fingerprint density at radius 1 is 0.820 bits per heavy atom. The van der Waals surface area contributed by atoms with E-state index in [2.05, 4.69) is 15.7 Å². The van der Waals surface area contributed by atoms with Crippen molar-refractivity contribution in [3.8, 4) is 11.5 Å². The topological polar surface area (TPSA) is 144 Å². The Bertz CT molecular complexity index is 2630. The number of azo groups is 1. The van der Waals surface area contributed by atoms with Gasteiger partial charge in [0.15, 0.2) is 11.5 Å². The van der Waals surface area contributed by atoms with E-state index in [1.165, 1.54) is 12.0 Å². The lowest BCUT2D eigenvalue weighted by molar-refractivity contribution is -0.138. The molecule has 2 aliphatic heterocycles. The molecule has 5 aromatic rings. The summed E-state index contributed by atoms with van der Waals surface area (Å²) in [6, 6.07) is 34.9. The highest BCUT2D eigenvalue weighted by molar-refractivity contribution is 14.1. The maximum Gasteiger partial charge on any atom is 0.260 e. The summed E-state index contributed by atoms with van der Waals surface area (Å²) in [6.07, 6.45) is 2.44. The van der Waals surface area contributed by atoms with Crippen molar-refractivity contribution in [1.82, 2.24) is 5.01 Å². The normalized spacial score (nSPS) is 24.4. The summed E-state index contributed by atoms with van der Waals surface area (Å²) in [7, 11) is 5.40. The number of hydrogen-bond donors (Lipinski definition) is 2. The van der Waals surface area contributed by atoms with Crippen LogP contribution in [0.2, 0.25) is 0 Å². The number of rotatable bonds is 9. The highest BCUT2D eigenvalue weighted by atomic mass is 127. The van der Waals surface area contributed by atoms with Crippen molar-refractivity contribution in [2.45, 2.75) is 31.1 Å². The molecule has 2 N–H and O–H groups in total. The Labute approximate surface area is 367 Å². The average molecular weight is 927 g/mol. The summed E-state index contributed by atoms with van der Waals surface area (Å²) in [6.45, 7) is 1.96. The van der Waals surface area contributed by atoms with Gasteiger partial charge in [-0.15, -0.1) is 0 Å². The zero-order valence-corrected chi connectivity index (χ0v) is 36.1. The molecule has 4 amide bonds. The van der Waals surface area contributed by atoms with E-state index in [-0.39, 0.29) is 36.2 Å². The molecule has 13 heteroatoms. The largest absolute Gasteiger partial charge is 0.504 e. The molecular weight excluding hydrogens is 883 g/mol. The number of methoxy groups -OCH3 is 1. The molecule has 0 spiro atoms. The minimum Gasteiger partial charge on any atom is -0.504 e. The first-order chi connectivity index (χ1) is 29.4. The number of fused-ring (bicyclic) bond motifs is 4. The Morgan fingerprint density at radius 3 is 2.11 bits per heavy atom. The van der Waals surface area contributed by atoms with E-state index in [0.717, 1.165) is 21.8 Å². The Balaban J connectivity index is 1.12. The lowest BCUT2D eigenvalue weighted by Crippen LogP contribution is -2.53. The van der Waals surface area contributed by atoms with Crippen LogP contribution in [-0.2, 0) is 24.6 Å². The van der Waals surface area contributed by atoms with E-state index in [9.17, 15) is 14.7 Å². The summed E-state index contributed by atoms with van der Waals surface area (Å²) in [5.74, 6) is -5.06. The van der Waals surface area contributed by atoms with Crippen LogP contribution in [0.5, 0.6) is 11.5 Å². The van der Waals surface area contributed by atoms with Crippen molar-refractivity contribution >= 4 is 74.7 Å². The van der Waals surface area contributed by atoms with Crippen LogP contribution in [0.1, 0.15) is 35.4 Å². The van der Waals surface area contributed by atoms with Gasteiger partial charge in [0.25, 0.3) is 11.8 Å². The maximum atomic E-state index is 15.5. The highest BCUT2D eigenvalue weighted by Crippen LogP contribution is 2.64. The number of ether oxygens (including phenoxy) is 1. The number of hydrazine groups is 1. The number of carbonyl (C=O) groups excluding carboxylic acids is 4. The smallest absolute Gasteiger partial charge is 0.260 e. The van der Waals surface area contributed by atoms with E-state index in [1.54, 1.807) is 30.3 Å². The molecule has 61 heavy (non-hydrogen) atoms. The molecule has 12 nitrogen and oxygen atoms in total. The van der Waals surface area contributed by atoms with Crippen molar-refractivity contribution in [2.75, 3.05) is 36.4 Å². The zero-order valence-electron chi connectivity index (χ0n) is 34.0. The van der Waals surface area contributed by atoms with Crippen LogP contribution in [0.4, 0.5) is 28.4 Å². The number of hydrogen-bond acceptors (Lipinski definition) is 10. The van der Waals surface area contributed by atoms with E-state index in [4.69, 9.17) is 4.74 Å². The molecule has 308 valence electrons. The van der Waals surface area contributed by atoms with Crippen LogP contribution in [-0.4, -0.2) is 54.9 Å². The summed E-state index contributed by atoms with van der Waals surface area (Å²) in [5, 5.41) is 20.9. The van der Waals surface area contributed by atoms with E-state index in [1.807, 2.05) is 140 Å². The van der Waals surface area contributed by atoms with Gasteiger partial charge < -0.3 is 14.7 Å². The molecule has 2 saturated heterocycles. The molecule has 0 bridgehead atoms. The second-order valence-electron chi connectivity index (χ2n) is 16.3. The molecule has 5 aromatic carbocycles. The fourth-order valence-corrected chi connectivity index (χ4v) is 10.5. The van der Waals surface area contributed by atoms with Crippen molar-refractivity contribution in [3.05, 3.63) is 147 Å². The number of nitrogens with zero attached hydrogens (tertiary/aromatic N) is 5. The van der Waals surface area contributed by atoms with Gasteiger partial charge in [-0.2, -0.15) is 15.2 Å². The third kappa shape index (κ3) is 6.57. The number of halogens is 1.